The summed E-state index contributed by atoms with van der Waals surface area (Å²) in [4.78, 5) is 4.92. The molecule has 5 nitrogen and oxygen atoms in total. The number of nitrogens with zero attached hydrogens (tertiary/aromatic N) is 4. The van der Waals surface area contributed by atoms with Crippen molar-refractivity contribution in [3.05, 3.63) is 72.3 Å². The number of hydrogen-bond acceptors (Lipinski definition) is 4. The third-order valence-electron chi connectivity index (χ3n) is 4.45. The molecule has 0 aliphatic rings. The molecule has 0 amide bonds. The van der Waals surface area contributed by atoms with E-state index in [1.54, 1.807) is 12.1 Å². The summed E-state index contributed by atoms with van der Waals surface area (Å²) in [7, 11) is 0. The molecule has 126 valence electrons. The van der Waals surface area contributed by atoms with Gasteiger partial charge in [0.25, 0.3) is 0 Å². The molecular formula is C20H14N4OSe. The van der Waals surface area contributed by atoms with E-state index in [9.17, 15) is 5.11 Å². The Labute approximate surface area is 155 Å². The van der Waals surface area contributed by atoms with E-state index in [4.69, 9.17) is 4.98 Å². The van der Waals surface area contributed by atoms with E-state index in [0.717, 1.165) is 33.5 Å². The fraction of sp³-hybridized carbons (Fsp3) is 0.0500. The molecule has 26 heavy (non-hydrogen) atoms. The molecule has 3 aromatic carbocycles. The minimum atomic E-state index is -0.0848. The molecular weight excluding hydrogens is 391 g/mol. The third-order valence-corrected chi connectivity index (χ3v) is 5.59. The van der Waals surface area contributed by atoms with Crippen LogP contribution in [0.2, 0.25) is 0 Å². The number of imidazole rings is 1. The molecule has 2 heterocycles. The van der Waals surface area contributed by atoms with Crippen LogP contribution in [0.5, 0.6) is 5.75 Å². The second-order valence-corrected chi connectivity index (χ2v) is 7.23. The first-order valence-electron chi connectivity index (χ1n) is 8.24. The van der Waals surface area contributed by atoms with Crippen molar-refractivity contribution in [3.8, 4) is 17.1 Å². The summed E-state index contributed by atoms with van der Waals surface area (Å²) in [5.74, 6) is 1.11. The summed E-state index contributed by atoms with van der Waals surface area (Å²) >= 11 is -0.0848. The van der Waals surface area contributed by atoms with Gasteiger partial charge in [-0.15, -0.1) is 0 Å². The fourth-order valence-corrected chi connectivity index (χ4v) is 4.32. The number of aromatic hydroxyl groups is 1. The molecule has 0 unspecified atom stereocenters. The predicted molar refractivity (Wildman–Crippen MR) is 102 cm³/mol. The van der Waals surface area contributed by atoms with E-state index in [-0.39, 0.29) is 20.7 Å². The summed E-state index contributed by atoms with van der Waals surface area (Å²) in [6.07, 6.45) is 0. The number of rotatable bonds is 3. The molecule has 0 aliphatic heterocycles. The summed E-state index contributed by atoms with van der Waals surface area (Å²) < 4.78 is 11.3. The van der Waals surface area contributed by atoms with Gasteiger partial charge in [0.15, 0.2) is 0 Å². The van der Waals surface area contributed by atoms with Gasteiger partial charge in [0.1, 0.15) is 0 Å². The quantitative estimate of drug-likeness (QED) is 0.467. The normalized spacial score (nSPS) is 11.4. The molecule has 0 saturated heterocycles. The van der Waals surface area contributed by atoms with Crippen molar-refractivity contribution in [1.29, 1.82) is 0 Å². The van der Waals surface area contributed by atoms with E-state index < -0.39 is 0 Å². The monoisotopic (exact) mass is 406 g/mol. The van der Waals surface area contributed by atoms with Crippen molar-refractivity contribution >= 4 is 37.0 Å². The van der Waals surface area contributed by atoms with E-state index >= 15 is 0 Å². The van der Waals surface area contributed by atoms with E-state index in [1.807, 2.05) is 36.4 Å². The van der Waals surface area contributed by atoms with Crippen molar-refractivity contribution in [2.75, 3.05) is 0 Å². The van der Waals surface area contributed by atoms with Gasteiger partial charge in [0.2, 0.25) is 0 Å². The minimum absolute atomic E-state index is 0.0848. The van der Waals surface area contributed by atoms with Crippen molar-refractivity contribution in [2.45, 2.75) is 6.54 Å². The molecule has 6 heteroatoms. The Morgan fingerprint density at radius 1 is 0.846 bits per heavy atom. The topological polar surface area (TPSA) is 63.8 Å². The van der Waals surface area contributed by atoms with Crippen LogP contribution in [0, 0.1) is 0 Å². The molecule has 0 radical (unpaired) electrons. The van der Waals surface area contributed by atoms with Gasteiger partial charge in [0.05, 0.1) is 0 Å². The van der Waals surface area contributed by atoms with Crippen LogP contribution in [-0.4, -0.2) is 37.6 Å². The van der Waals surface area contributed by atoms with Gasteiger partial charge in [-0.3, -0.25) is 0 Å². The van der Waals surface area contributed by atoms with Gasteiger partial charge in [-0.05, 0) is 0 Å². The van der Waals surface area contributed by atoms with Crippen molar-refractivity contribution in [1.82, 2.24) is 17.5 Å². The first-order valence-corrected chi connectivity index (χ1v) is 9.78. The maximum absolute atomic E-state index is 9.62. The van der Waals surface area contributed by atoms with E-state index in [1.165, 1.54) is 5.56 Å². The molecule has 0 atom stereocenters. The fourth-order valence-electron chi connectivity index (χ4n) is 3.19. The van der Waals surface area contributed by atoms with Crippen LogP contribution < -0.4 is 0 Å². The average molecular weight is 405 g/mol. The van der Waals surface area contributed by atoms with Gasteiger partial charge in [-0.1, -0.05) is 0 Å². The molecule has 2 aromatic heterocycles. The number of aromatic nitrogens is 4. The number of phenolic OH excluding ortho intramolecular Hbond substituents is 1. The Bertz CT molecular complexity index is 1210. The third kappa shape index (κ3) is 2.51. The Hall–Kier alpha value is -2.95. The van der Waals surface area contributed by atoms with Crippen LogP contribution in [0.25, 0.3) is 33.5 Å². The van der Waals surface area contributed by atoms with Crippen molar-refractivity contribution in [2.24, 2.45) is 0 Å². The van der Waals surface area contributed by atoms with Gasteiger partial charge in [0, 0.05) is 0 Å². The standard InChI is InChI=1S/C20H14N4OSe/c25-15-8-6-14(7-9-15)20-21-19-17(11-10-16-18(19)23-26-22-16)24(20)12-13-4-2-1-3-5-13/h1-11,25H,12H2. The van der Waals surface area contributed by atoms with Crippen LogP contribution >= 0.6 is 0 Å². The summed E-state index contributed by atoms with van der Waals surface area (Å²) in [5, 5.41) is 9.62. The zero-order valence-corrected chi connectivity index (χ0v) is 15.4. The van der Waals surface area contributed by atoms with Crippen molar-refractivity contribution < 1.29 is 5.11 Å². The molecule has 0 fully saturated rings. The molecule has 0 bridgehead atoms. The average Bonchev–Trinajstić information content (AvgIpc) is 3.28. The maximum atomic E-state index is 9.62. The second-order valence-electron chi connectivity index (χ2n) is 6.12. The van der Waals surface area contributed by atoms with Gasteiger partial charge >= 0.3 is 156 Å². The predicted octanol–water partition coefficient (Wildman–Crippen LogP) is 3.46. The number of phenols is 1. The summed E-state index contributed by atoms with van der Waals surface area (Å²) in [5.41, 5.74) is 5.94. The van der Waals surface area contributed by atoms with E-state index in [0.29, 0.717) is 6.54 Å². The number of benzene rings is 3. The van der Waals surface area contributed by atoms with Crippen LogP contribution in [0.15, 0.2) is 66.7 Å². The van der Waals surface area contributed by atoms with E-state index in [2.05, 4.69) is 30.7 Å². The Morgan fingerprint density at radius 2 is 1.65 bits per heavy atom. The van der Waals surface area contributed by atoms with Crippen molar-refractivity contribution in [3.63, 3.8) is 0 Å². The molecule has 1 N–H and O–H groups in total. The summed E-state index contributed by atoms with van der Waals surface area (Å²) in [6.45, 7) is 0.717. The SMILES string of the molecule is Oc1ccc(-c2nc3c4n[se]nc4ccc3n2Cc2ccccc2)cc1. The molecule has 0 aliphatic carbocycles. The second kappa shape index (κ2) is 6.09. The first-order chi connectivity index (χ1) is 12.8. The van der Waals surface area contributed by atoms with Gasteiger partial charge in [-0.2, -0.15) is 0 Å². The molecule has 0 saturated carbocycles. The number of hydrogen-bond donors (Lipinski definition) is 1. The number of fused-ring (bicyclic) bond motifs is 3. The zero-order chi connectivity index (χ0) is 17.5. The molecule has 5 aromatic rings. The van der Waals surface area contributed by atoms with Gasteiger partial charge in [-0.25, -0.2) is 0 Å². The molecule has 5 rings (SSSR count). The zero-order valence-electron chi connectivity index (χ0n) is 13.7. The summed E-state index contributed by atoms with van der Waals surface area (Å²) in [6, 6.07) is 21.6. The van der Waals surface area contributed by atoms with Crippen LogP contribution in [-0.2, 0) is 6.54 Å². The van der Waals surface area contributed by atoms with Gasteiger partial charge < -0.3 is 0 Å². The Kier molecular flexibility index (Phi) is 3.59. The van der Waals surface area contributed by atoms with Crippen LogP contribution in [0.3, 0.4) is 0 Å². The van der Waals surface area contributed by atoms with Crippen LogP contribution in [0.4, 0.5) is 0 Å². The first kappa shape index (κ1) is 15.3. The Morgan fingerprint density at radius 3 is 2.46 bits per heavy atom. The van der Waals surface area contributed by atoms with Crippen LogP contribution in [0.1, 0.15) is 5.56 Å². The molecule has 0 spiro atoms. The Balaban J connectivity index is 1.78.